The van der Waals surface area contributed by atoms with Crippen LogP contribution in [0.4, 0.5) is 0 Å². The molecule has 1 N–H and O–H groups in total. The van der Waals surface area contributed by atoms with Gasteiger partial charge in [-0.2, -0.15) is 0 Å². The van der Waals surface area contributed by atoms with Crippen molar-refractivity contribution < 1.29 is 9.15 Å². The highest BCUT2D eigenvalue weighted by Crippen LogP contribution is 2.11. The summed E-state index contributed by atoms with van der Waals surface area (Å²) in [5, 5.41) is 3.05. The van der Waals surface area contributed by atoms with Gasteiger partial charge in [-0.05, 0) is 20.0 Å². The van der Waals surface area contributed by atoms with Crippen molar-refractivity contribution >= 4 is 0 Å². The zero-order valence-corrected chi connectivity index (χ0v) is 8.75. The van der Waals surface area contributed by atoms with Gasteiger partial charge in [-0.15, -0.1) is 0 Å². The van der Waals surface area contributed by atoms with Gasteiger partial charge in [-0.25, -0.2) is 0 Å². The van der Waals surface area contributed by atoms with Gasteiger partial charge in [0.1, 0.15) is 5.76 Å². The van der Waals surface area contributed by atoms with Gasteiger partial charge < -0.3 is 14.5 Å². The van der Waals surface area contributed by atoms with Crippen molar-refractivity contribution in [3.05, 3.63) is 35.8 Å². The van der Waals surface area contributed by atoms with E-state index in [1.54, 1.807) is 6.26 Å². The van der Waals surface area contributed by atoms with Gasteiger partial charge in [-0.1, -0.05) is 12.2 Å². The van der Waals surface area contributed by atoms with Crippen LogP contribution in [0.5, 0.6) is 0 Å². The molecule has 0 aliphatic rings. The molecule has 1 rings (SSSR count). The minimum Gasteiger partial charge on any atom is -0.468 e. The Labute approximate surface area is 84.8 Å². The Bertz CT molecular complexity index is 279. The van der Waals surface area contributed by atoms with Gasteiger partial charge in [0.25, 0.3) is 0 Å². The second-order valence-electron chi connectivity index (χ2n) is 2.98. The number of furan rings is 1. The van der Waals surface area contributed by atoms with Gasteiger partial charge >= 0.3 is 0 Å². The van der Waals surface area contributed by atoms with E-state index in [0.717, 1.165) is 17.9 Å². The van der Waals surface area contributed by atoms with Crippen LogP contribution >= 0.6 is 0 Å². The summed E-state index contributed by atoms with van der Waals surface area (Å²) in [6.45, 7) is 3.99. The molecule has 1 aromatic heterocycles. The second-order valence-corrected chi connectivity index (χ2v) is 2.98. The first-order chi connectivity index (χ1) is 6.88. The summed E-state index contributed by atoms with van der Waals surface area (Å²) in [4.78, 5) is 0. The van der Waals surface area contributed by atoms with E-state index in [1.165, 1.54) is 0 Å². The quantitative estimate of drug-likeness (QED) is 0.557. The Hall–Kier alpha value is -1.06. The normalized spacial score (nSPS) is 11.3. The van der Waals surface area contributed by atoms with Gasteiger partial charge in [0.05, 0.1) is 26.0 Å². The Kier molecular flexibility index (Phi) is 5.04. The van der Waals surface area contributed by atoms with Crippen LogP contribution < -0.4 is 5.32 Å². The van der Waals surface area contributed by atoms with Crippen molar-refractivity contribution in [2.24, 2.45) is 0 Å². The summed E-state index contributed by atoms with van der Waals surface area (Å²) in [6.07, 6.45) is 5.66. The van der Waals surface area contributed by atoms with Crippen molar-refractivity contribution in [2.45, 2.75) is 20.1 Å². The van der Waals surface area contributed by atoms with Crippen LogP contribution in [0, 0.1) is 0 Å². The van der Waals surface area contributed by atoms with E-state index >= 15 is 0 Å². The molecular formula is C11H17NO2. The number of allylic oxidation sites excluding steroid dienone is 1. The average molecular weight is 195 g/mol. The molecule has 0 radical (unpaired) electrons. The molecule has 1 aromatic rings. The summed E-state index contributed by atoms with van der Waals surface area (Å²) in [5.41, 5.74) is 1.11. The molecule has 0 bridgehead atoms. The molecule has 78 valence electrons. The van der Waals surface area contributed by atoms with E-state index in [2.05, 4.69) is 5.32 Å². The molecule has 0 spiro atoms. The molecule has 0 atom stereocenters. The molecule has 0 aliphatic heterocycles. The van der Waals surface area contributed by atoms with Gasteiger partial charge in [-0.3, -0.25) is 0 Å². The topological polar surface area (TPSA) is 34.4 Å². The SMILES string of the molecule is CC=CCOCc1ccoc1CNC. The molecule has 3 nitrogen and oxygen atoms in total. The lowest BCUT2D eigenvalue weighted by Crippen LogP contribution is -2.06. The summed E-state index contributed by atoms with van der Waals surface area (Å²) in [7, 11) is 1.90. The van der Waals surface area contributed by atoms with E-state index in [9.17, 15) is 0 Å². The molecule has 0 aliphatic carbocycles. The zero-order chi connectivity index (χ0) is 10.2. The molecule has 0 saturated carbocycles. The maximum atomic E-state index is 5.43. The lowest BCUT2D eigenvalue weighted by Gasteiger charge is -2.01. The van der Waals surface area contributed by atoms with Gasteiger partial charge in [0.15, 0.2) is 0 Å². The molecule has 0 unspecified atom stereocenters. The van der Waals surface area contributed by atoms with E-state index in [1.807, 2.05) is 32.2 Å². The first kappa shape index (κ1) is 11.0. The highest BCUT2D eigenvalue weighted by molar-refractivity contribution is 5.15. The fraction of sp³-hybridized carbons (Fsp3) is 0.455. The van der Waals surface area contributed by atoms with E-state index < -0.39 is 0 Å². The third-order valence-electron chi connectivity index (χ3n) is 1.88. The predicted octanol–water partition coefficient (Wildman–Crippen LogP) is 2.09. The van der Waals surface area contributed by atoms with Crippen LogP contribution in [0.25, 0.3) is 0 Å². The van der Waals surface area contributed by atoms with E-state index in [0.29, 0.717) is 13.2 Å². The highest BCUT2D eigenvalue weighted by Gasteiger charge is 2.04. The Morgan fingerprint density at radius 2 is 2.43 bits per heavy atom. The van der Waals surface area contributed by atoms with Gasteiger partial charge in [0, 0.05) is 5.56 Å². The van der Waals surface area contributed by atoms with Crippen LogP contribution in [-0.2, 0) is 17.9 Å². The van der Waals surface area contributed by atoms with Crippen LogP contribution in [0.2, 0.25) is 0 Å². The third kappa shape index (κ3) is 3.36. The summed E-state index contributed by atoms with van der Waals surface area (Å²) in [5.74, 6) is 0.952. The molecular weight excluding hydrogens is 178 g/mol. The number of hydrogen-bond donors (Lipinski definition) is 1. The van der Waals surface area contributed by atoms with Crippen LogP contribution in [0.3, 0.4) is 0 Å². The van der Waals surface area contributed by atoms with E-state index in [-0.39, 0.29) is 0 Å². The number of nitrogens with one attached hydrogen (secondary N) is 1. The molecule has 0 amide bonds. The number of rotatable bonds is 6. The van der Waals surface area contributed by atoms with Crippen molar-refractivity contribution in [1.82, 2.24) is 5.32 Å². The van der Waals surface area contributed by atoms with Crippen molar-refractivity contribution in [3.63, 3.8) is 0 Å². The Morgan fingerprint density at radius 1 is 1.57 bits per heavy atom. The van der Waals surface area contributed by atoms with Crippen molar-refractivity contribution in [2.75, 3.05) is 13.7 Å². The fourth-order valence-electron chi connectivity index (χ4n) is 1.14. The first-order valence-electron chi connectivity index (χ1n) is 4.77. The highest BCUT2D eigenvalue weighted by atomic mass is 16.5. The maximum Gasteiger partial charge on any atom is 0.123 e. The van der Waals surface area contributed by atoms with Crippen LogP contribution in [-0.4, -0.2) is 13.7 Å². The van der Waals surface area contributed by atoms with Crippen molar-refractivity contribution in [1.29, 1.82) is 0 Å². The lowest BCUT2D eigenvalue weighted by atomic mass is 10.2. The molecule has 0 aromatic carbocycles. The largest absolute Gasteiger partial charge is 0.468 e. The minimum absolute atomic E-state index is 0.609. The van der Waals surface area contributed by atoms with Crippen molar-refractivity contribution in [3.8, 4) is 0 Å². The lowest BCUT2D eigenvalue weighted by molar-refractivity contribution is 0.147. The standard InChI is InChI=1S/C11H17NO2/c1-3-4-6-13-9-10-5-7-14-11(10)8-12-2/h3-5,7,12H,6,8-9H2,1-2H3. The Morgan fingerprint density at radius 3 is 3.14 bits per heavy atom. The summed E-state index contributed by atoms with van der Waals surface area (Å²) in [6, 6.07) is 1.95. The molecule has 14 heavy (non-hydrogen) atoms. The maximum absolute atomic E-state index is 5.43. The molecule has 3 heteroatoms. The molecule has 1 heterocycles. The Balaban J connectivity index is 2.37. The number of hydrogen-bond acceptors (Lipinski definition) is 3. The minimum atomic E-state index is 0.609. The smallest absolute Gasteiger partial charge is 0.123 e. The third-order valence-corrected chi connectivity index (χ3v) is 1.88. The monoisotopic (exact) mass is 195 g/mol. The fourth-order valence-corrected chi connectivity index (χ4v) is 1.14. The average Bonchev–Trinajstić information content (AvgIpc) is 2.61. The molecule has 0 saturated heterocycles. The van der Waals surface area contributed by atoms with Crippen LogP contribution in [0.15, 0.2) is 28.9 Å². The second kappa shape index (κ2) is 6.40. The van der Waals surface area contributed by atoms with Gasteiger partial charge in [0.2, 0.25) is 0 Å². The van der Waals surface area contributed by atoms with E-state index in [4.69, 9.17) is 9.15 Å². The molecule has 0 fully saturated rings. The summed E-state index contributed by atoms with van der Waals surface area (Å²) < 4.78 is 10.7. The zero-order valence-electron chi connectivity index (χ0n) is 8.75. The van der Waals surface area contributed by atoms with Crippen LogP contribution in [0.1, 0.15) is 18.2 Å². The number of ether oxygens (including phenoxy) is 1. The predicted molar refractivity (Wildman–Crippen MR) is 55.9 cm³/mol. The summed E-state index contributed by atoms with van der Waals surface area (Å²) >= 11 is 0. The first-order valence-corrected chi connectivity index (χ1v) is 4.77.